The van der Waals surface area contributed by atoms with Crippen molar-refractivity contribution in [1.82, 2.24) is 19.5 Å². The lowest BCUT2D eigenvalue weighted by molar-refractivity contribution is -0.0518. The van der Waals surface area contributed by atoms with Crippen LogP contribution in [-0.2, 0) is 9.16 Å². The van der Waals surface area contributed by atoms with Crippen LogP contribution in [0, 0.1) is 0 Å². The zero-order valence-electron chi connectivity index (χ0n) is 17.1. The van der Waals surface area contributed by atoms with Crippen LogP contribution >= 0.6 is 0 Å². The average Bonchev–Trinajstić information content (AvgIpc) is 3.12. The molecule has 4 atom stereocenters. The fraction of sp³-hybridized carbons (Fsp3) is 0.706. The molecule has 0 radical (unpaired) electrons. The highest BCUT2D eigenvalue weighted by atomic mass is 28.4. The monoisotopic (exact) mass is 411 g/mol. The Kier molecular flexibility index (Phi) is 5.40. The minimum absolute atomic E-state index is 0.0206. The van der Waals surface area contributed by atoms with Crippen LogP contribution in [0.15, 0.2) is 6.33 Å². The molecule has 11 heteroatoms. The second-order valence-electron chi connectivity index (χ2n) is 8.52. The van der Waals surface area contributed by atoms with Crippen molar-refractivity contribution in [2.24, 2.45) is 0 Å². The van der Waals surface area contributed by atoms with Gasteiger partial charge in [-0.3, -0.25) is 0 Å². The molecular weight excluding hydrogens is 382 g/mol. The van der Waals surface area contributed by atoms with Crippen molar-refractivity contribution in [3.05, 3.63) is 6.33 Å². The lowest BCUT2D eigenvalue weighted by Crippen LogP contribution is -2.44. The fourth-order valence-corrected chi connectivity index (χ4v) is 3.88. The van der Waals surface area contributed by atoms with Crippen molar-refractivity contribution in [2.45, 2.75) is 63.4 Å². The number of imidazole rings is 1. The van der Waals surface area contributed by atoms with Gasteiger partial charge in [0.1, 0.15) is 24.6 Å². The van der Waals surface area contributed by atoms with Gasteiger partial charge in [-0.25, -0.2) is 14.5 Å². The molecule has 3 heterocycles. The lowest BCUT2D eigenvalue weighted by atomic mass is 10.1. The number of rotatable bonds is 5. The quantitative estimate of drug-likeness (QED) is 0.616. The van der Waals surface area contributed by atoms with Gasteiger partial charge in [0.25, 0.3) is 0 Å². The molecule has 28 heavy (non-hydrogen) atoms. The minimum Gasteiger partial charge on any atom is -0.468 e. The van der Waals surface area contributed by atoms with E-state index in [9.17, 15) is 10.2 Å². The van der Waals surface area contributed by atoms with E-state index in [-0.39, 0.29) is 23.5 Å². The molecule has 1 fully saturated rings. The summed E-state index contributed by atoms with van der Waals surface area (Å²) in [5, 5.41) is 21.2. The molecule has 2 aromatic rings. The van der Waals surface area contributed by atoms with E-state index in [1.54, 1.807) is 0 Å². The smallest absolute Gasteiger partial charge is 0.300 e. The summed E-state index contributed by atoms with van der Waals surface area (Å²) in [6, 6.07) is 0.157. The van der Waals surface area contributed by atoms with Gasteiger partial charge in [-0.05, 0) is 18.1 Å². The Bertz CT molecular complexity index is 852. The third-order valence-corrected chi connectivity index (χ3v) is 10.2. The molecule has 10 nitrogen and oxygen atoms in total. The maximum absolute atomic E-state index is 10.6. The number of nitrogens with two attached hydrogens (primary N) is 1. The van der Waals surface area contributed by atoms with E-state index in [4.69, 9.17) is 19.6 Å². The molecule has 0 spiro atoms. The Balaban J connectivity index is 1.87. The van der Waals surface area contributed by atoms with Gasteiger partial charge >= 0.3 is 6.01 Å². The van der Waals surface area contributed by atoms with Crippen molar-refractivity contribution >= 4 is 25.3 Å². The predicted molar refractivity (Wildman–Crippen MR) is 105 cm³/mol. The average molecular weight is 412 g/mol. The Hall–Kier alpha value is -1.79. The molecule has 0 saturated carbocycles. The highest BCUT2D eigenvalue weighted by molar-refractivity contribution is 6.74. The number of anilines is 1. The van der Waals surface area contributed by atoms with E-state index >= 15 is 0 Å². The first-order chi connectivity index (χ1) is 13.0. The second kappa shape index (κ2) is 7.23. The fourth-order valence-electron chi connectivity index (χ4n) is 2.87. The van der Waals surface area contributed by atoms with Crippen LogP contribution in [0.1, 0.15) is 27.0 Å². The van der Waals surface area contributed by atoms with Gasteiger partial charge in [-0.2, -0.15) is 4.98 Å². The molecule has 1 aliphatic heterocycles. The van der Waals surface area contributed by atoms with E-state index in [1.165, 1.54) is 18.0 Å². The summed E-state index contributed by atoms with van der Waals surface area (Å²) in [5.41, 5.74) is 6.56. The minimum atomic E-state index is -2.03. The van der Waals surface area contributed by atoms with Crippen molar-refractivity contribution in [3.8, 4) is 6.01 Å². The molecule has 0 aliphatic carbocycles. The van der Waals surface area contributed by atoms with Crippen LogP contribution in [0.5, 0.6) is 6.01 Å². The number of fused-ring (bicyclic) bond motifs is 1. The number of nitrogens with zero attached hydrogens (tertiary/aromatic N) is 4. The summed E-state index contributed by atoms with van der Waals surface area (Å²) in [6.07, 6.45) is -2.69. The van der Waals surface area contributed by atoms with Crippen LogP contribution in [0.2, 0.25) is 18.1 Å². The largest absolute Gasteiger partial charge is 0.468 e. The van der Waals surface area contributed by atoms with Crippen molar-refractivity contribution in [2.75, 3.05) is 19.5 Å². The first kappa shape index (κ1) is 20.9. The number of aliphatic hydroxyl groups excluding tert-OH is 2. The van der Waals surface area contributed by atoms with Crippen LogP contribution in [0.3, 0.4) is 0 Å². The predicted octanol–water partition coefficient (Wildman–Crippen LogP) is 1.06. The molecule has 0 unspecified atom stereocenters. The molecule has 1 aliphatic rings. The highest BCUT2D eigenvalue weighted by Gasteiger charge is 2.47. The number of ether oxygens (including phenoxy) is 2. The van der Waals surface area contributed by atoms with Crippen LogP contribution in [-0.4, -0.2) is 70.1 Å². The van der Waals surface area contributed by atoms with Gasteiger partial charge in [0.05, 0.1) is 13.7 Å². The number of hydrogen-bond donors (Lipinski definition) is 3. The third-order valence-electron chi connectivity index (χ3n) is 5.66. The van der Waals surface area contributed by atoms with Gasteiger partial charge in [0.2, 0.25) is 0 Å². The van der Waals surface area contributed by atoms with Crippen LogP contribution < -0.4 is 10.5 Å². The third kappa shape index (κ3) is 3.48. The van der Waals surface area contributed by atoms with Gasteiger partial charge in [0, 0.05) is 0 Å². The van der Waals surface area contributed by atoms with Crippen LogP contribution in [0.25, 0.3) is 11.2 Å². The topological polar surface area (TPSA) is 138 Å². The number of methoxy groups -OCH3 is 1. The SMILES string of the molecule is COc1nc2c(N)ncnc2n1[C@@H]1O[C@H](CO[Si](C)(C)C(C)(C)C)[C@@H](O)[C@H]1O. The first-order valence-electron chi connectivity index (χ1n) is 9.16. The molecule has 2 aromatic heterocycles. The Morgan fingerprint density at radius 3 is 2.54 bits per heavy atom. The summed E-state index contributed by atoms with van der Waals surface area (Å²) in [6.45, 7) is 10.8. The Morgan fingerprint density at radius 1 is 1.25 bits per heavy atom. The van der Waals surface area contributed by atoms with E-state index in [0.717, 1.165) is 0 Å². The second-order valence-corrected chi connectivity index (χ2v) is 13.3. The van der Waals surface area contributed by atoms with E-state index in [1.807, 2.05) is 0 Å². The molecule has 3 rings (SSSR count). The molecule has 4 N–H and O–H groups in total. The number of nitrogen functional groups attached to an aromatic ring is 1. The number of aromatic nitrogens is 4. The maximum Gasteiger partial charge on any atom is 0.300 e. The number of aliphatic hydroxyl groups is 2. The molecule has 1 saturated heterocycles. The van der Waals surface area contributed by atoms with Gasteiger partial charge in [0.15, 0.2) is 31.5 Å². The summed E-state index contributed by atoms with van der Waals surface area (Å²) in [5.74, 6) is 0.188. The van der Waals surface area contributed by atoms with Gasteiger partial charge in [-0.1, -0.05) is 20.8 Å². The maximum atomic E-state index is 10.6. The van der Waals surface area contributed by atoms with E-state index in [0.29, 0.717) is 11.2 Å². The lowest BCUT2D eigenvalue weighted by Gasteiger charge is -2.37. The van der Waals surface area contributed by atoms with Crippen LogP contribution in [0.4, 0.5) is 5.82 Å². The normalized spacial score (nSPS) is 26.1. The molecule has 0 aromatic carbocycles. The highest BCUT2D eigenvalue weighted by Crippen LogP contribution is 2.39. The summed E-state index contributed by atoms with van der Waals surface area (Å²) < 4.78 is 18.9. The molecule has 156 valence electrons. The summed E-state index contributed by atoms with van der Waals surface area (Å²) >= 11 is 0. The first-order valence-corrected chi connectivity index (χ1v) is 12.1. The molecular formula is C17H29N5O5Si. The Labute approximate surface area is 164 Å². The van der Waals surface area contributed by atoms with Crippen molar-refractivity contribution in [3.63, 3.8) is 0 Å². The summed E-state index contributed by atoms with van der Waals surface area (Å²) in [7, 11) is -0.593. The van der Waals surface area contributed by atoms with Crippen molar-refractivity contribution in [1.29, 1.82) is 0 Å². The molecule has 0 bridgehead atoms. The zero-order valence-corrected chi connectivity index (χ0v) is 18.1. The number of hydrogen-bond acceptors (Lipinski definition) is 9. The zero-order chi connectivity index (χ0) is 20.9. The van der Waals surface area contributed by atoms with E-state index < -0.39 is 32.9 Å². The van der Waals surface area contributed by atoms with E-state index in [2.05, 4.69) is 48.8 Å². The van der Waals surface area contributed by atoms with Gasteiger partial charge < -0.3 is 29.8 Å². The van der Waals surface area contributed by atoms with Gasteiger partial charge in [-0.15, -0.1) is 0 Å². The standard InChI is InChI=1S/C17H29N5O5Si/c1-17(2,3)28(5,6)26-7-9-11(23)12(24)15(27-9)22-14-10(21-16(22)25-4)13(18)19-8-20-14/h8-9,11-12,15,23-24H,7H2,1-6H3,(H2,18,19,20)/t9-,11-,12-,15-/m1/s1. The van der Waals surface area contributed by atoms with Crippen molar-refractivity contribution < 1.29 is 24.1 Å². The summed E-state index contributed by atoms with van der Waals surface area (Å²) in [4.78, 5) is 12.4. The Morgan fingerprint density at radius 2 is 1.93 bits per heavy atom. The molecule has 0 amide bonds.